The van der Waals surface area contributed by atoms with Gasteiger partial charge in [0.15, 0.2) is 5.13 Å². The summed E-state index contributed by atoms with van der Waals surface area (Å²) in [5.41, 5.74) is 3.51. The number of carbonyl (C=O) groups is 1. The van der Waals surface area contributed by atoms with Crippen molar-refractivity contribution in [2.75, 3.05) is 11.4 Å². The number of hydrogen-bond acceptors (Lipinski definition) is 4. The van der Waals surface area contributed by atoms with E-state index in [1.807, 2.05) is 12.3 Å². The molecule has 0 aliphatic carbocycles. The van der Waals surface area contributed by atoms with Gasteiger partial charge in [-0.2, -0.15) is 0 Å². The van der Waals surface area contributed by atoms with Gasteiger partial charge in [0.1, 0.15) is 0 Å². The Kier molecular flexibility index (Phi) is 5.47. The number of amides is 1. The maximum atomic E-state index is 11.5. The SMILES string of the molecule is CCN(C(C)=O)c1nc(CNCc2cccc(C)c2)cs1. The number of rotatable bonds is 6. The smallest absolute Gasteiger partial charge is 0.225 e. The Bertz CT molecular complexity index is 609. The number of aryl methyl sites for hydroxylation is 1. The summed E-state index contributed by atoms with van der Waals surface area (Å²) in [6, 6.07) is 8.45. The molecule has 112 valence electrons. The number of hydrogen-bond donors (Lipinski definition) is 1. The summed E-state index contributed by atoms with van der Waals surface area (Å²) in [5.74, 6) is 0.0334. The van der Waals surface area contributed by atoms with E-state index >= 15 is 0 Å². The summed E-state index contributed by atoms with van der Waals surface area (Å²) >= 11 is 1.51. The van der Waals surface area contributed by atoms with Gasteiger partial charge in [0.05, 0.1) is 5.69 Å². The van der Waals surface area contributed by atoms with Gasteiger partial charge in [-0.1, -0.05) is 29.8 Å². The zero-order valence-electron chi connectivity index (χ0n) is 12.7. The summed E-state index contributed by atoms with van der Waals surface area (Å²) in [4.78, 5) is 17.7. The Morgan fingerprint density at radius 2 is 2.19 bits per heavy atom. The number of benzene rings is 1. The molecule has 21 heavy (non-hydrogen) atoms. The molecule has 0 bridgehead atoms. The summed E-state index contributed by atoms with van der Waals surface area (Å²) in [5, 5.41) is 6.16. The molecule has 1 aromatic carbocycles. The van der Waals surface area contributed by atoms with Crippen LogP contribution < -0.4 is 10.2 Å². The van der Waals surface area contributed by atoms with Gasteiger partial charge in [-0.25, -0.2) is 4.98 Å². The van der Waals surface area contributed by atoms with E-state index in [2.05, 4.69) is 41.5 Å². The number of nitrogens with zero attached hydrogens (tertiary/aromatic N) is 2. The summed E-state index contributed by atoms with van der Waals surface area (Å²) in [7, 11) is 0. The Morgan fingerprint density at radius 3 is 2.86 bits per heavy atom. The standard InChI is InChI=1S/C16H21N3OS/c1-4-19(13(3)20)16-18-15(11-21-16)10-17-9-14-7-5-6-12(2)8-14/h5-8,11,17H,4,9-10H2,1-3H3. The van der Waals surface area contributed by atoms with Crippen molar-refractivity contribution in [1.82, 2.24) is 10.3 Å². The van der Waals surface area contributed by atoms with Crippen molar-refractivity contribution in [3.05, 3.63) is 46.5 Å². The highest BCUT2D eigenvalue weighted by molar-refractivity contribution is 7.14. The largest absolute Gasteiger partial charge is 0.307 e. The van der Waals surface area contributed by atoms with Gasteiger partial charge in [-0.05, 0) is 19.4 Å². The first-order valence-corrected chi connectivity index (χ1v) is 7.97. The van der Waals surface area contributed by atoms with Crippen LogP contribution in [-0.4, -0.2) is 17.4 Å². The molecule has 5 heteroatoms. The third-order valence-electron chi connectivity index (χ3n) is 3.18. The second-order valence-electron chi connectivity index (χ2n) is 4.98. The third kappa shape index (κ3) is 4.37. The van der Waals surface area contributed by atoms with E-state index in [1.54, 1.807) is 11.8 Å². The average molecular weight is 303 g/mol. The molecule has 0 radical (unpaired) electrons. The topological polar surface area (TPSA) is 45.2 Å². The molecule has 0 saturated heterocycles. The highest BCUT2D eigenvalue weighted by Crippen LogP contribution is 2.20. The van der Waals surface area contributed by atoms with Crippen molar-refractivity contribution in [3.63, 3.8) is 0 Å². The minimum atomic E-state index is 0.0334. The first-order valence-electron chi connectivity index (χ1n) is 7.09. The summed E-state index contributed by atoms with van der Waals surface area (Å²) in [6.07, 6.45) is 0. The van der Waals surface area contributed by atoms with E-state index in [0.29, 0.717) is 13.1 Å². The van der Waals surface area contributed by atoms with Gasteiger partial charge in [0.25, 0.3) is 0 Å². The first-order chi connectivity index (χ1) is 10.1. The molecule has 0 atom stereocenters. The summed E-state index contributed by atoms with van der Waals surface area (Å²) in [6.45, 7) is 7.80. The van der Waals surface area contributed by atoms with Crippen LogP contribution in [-0.2, 0) is 17.9 Å². The minimum Gasteiger partial charge on any atom is -0.307 e. The molecular formula is C16H21N3OS. The van der Waals surface area contributed by atoms with Gasteiger partial charge >= 0.3 is 0 Å². The molecule has 0 unspecified atom stereocenters. The number of aromatic nitrogens is 1. The fraction of sp³-hybridized carbons (Fsp3) is 0.375. The van der Waals surface area contributed by atoms with Crippen LogP contribution >= 0.6 is 11.3 Å². The van der Waals surface area contributed by atoms with E-state index in [9.17, 15) is 4.79 Å². The monoisotopic (exact) mass is 303 g/mol. The Labute approximate surface area is 129 Å². The Morgan fingerprint density at radius 1 is 1.38 bits per heavy atom. The minimum absolute atomic E-state index is 0.0334. The zero-order valence-corrected chi connectivity index (χ0v) is 13.5. The van der Waals surface area contributed by atoms with Crippen LogP contribution in [0, 0.1) is 6.92 Å². The normalized spacial score (nSPS) is 10.6. The summed E-state index contributed by atoms with van der Waals surface area (Å²) < 4.78 is 0. The maximum Gasteiger partial charge on any atom is 0.225 e. The van der Waals surface area contributed by atoms with E-state index < -0.39 is 0 Å². The lowest BCUT2D eigenvalue weighted by Crippen LogP contribution is -2.27. The van der Waals surface area contributed by atoms with Crippen molar-refractivity contribution < 1.29 is 4.79 Å². The van der Waals surface area contributed by atoms with Gasteiger partial charge in [-0.3, -0.25) is 9.69 Å². The lowest BCUT2D eigenvalue weighted by atomic mass is 10.1. The van der Waals surface area contributed by atoms with Crippen molar-refractivity contribution in [2.45, 2.75) is 33.9 Å². The van der Waals surface area contributed by atoms with Crippen molar-refractivity contribution in [1.29, 1.82) is 0 Å². The fourth-order valence-corrected chi connectivity index (χ4v) is 3.08. The van der Waals surface area contributed by atoms with Gasteiger partial charge in [0.2, 0.25) is 5.91 Å². The molecule has 2 rings (SSSR count). The van der Waals surface area contributed by atoms with E-state index in [4.69, 9.17) is 0 Å². The number of nitrogens with one attached hydrogen (secondary N) is 1. The molecule has 4 nitrogen and oxygen atoms in total. The van der Waals surface area contributed by atoms with Crippen LogP contribution in [0.5, 0.6) is 0 Å². The molecular weight excluding hydrogens is 282 g/mol. The lowest BCUT2D eigenvalue weighted by Gasteiger charge is -2.14. The molecule has 1 N–H and O–H groups in total. The molecule has 0 aliphatic heterocycles. The van der Waals surface area contributed by atoms with E-state index in [1.165, 1.54) is 22.5 Å². The van der Waals surface area contributed by atoms with Crippen LogP contribution in [0.15, 0.2) is 29.6 Å². The van der Waals surface area contributed by atoms with Gasteiger partial charge in [0, 0.05) is 31.9 Å². The molecule has 1 amide bonds. The van der Waals surface area contributed by atoms with Crippen LogP contribution in [0.2, 0.25) is 0 Å². The van der Waals surface area contributed by atoms with Gasteiger partial charge in [-0.15, -0.1) is 11.3 Å². The number of anilines is 1. The molecule has 0 aliphatic rings. The third-order valence-corrected chi connectivity index (χ3v) is 4.10. The number of thiazole rings is 1. The molecule has 1 aromatic heterocycles. The fourth-order valence-electron chi connectivity index (χ4n) is 2.15. The predicted molar refractivity (Wildman–Crippen MR) is 87.5 cm³/mol. The van der Waals surface area contributed by atoms with Crippen molar-refractivity contribution in [3.8, 4) is 0 Å². The highest BCUT2D eigenvalue weighted by Gasteiger charge is 2.13. The van der Waals surface area contributed by atoms with Crippen LogP contribution in [0.1, 0.15) is 30.7 Å². The first kappa shape index (κ1) is 15.7. The van der Waals surface area contributed by atoms with Crippen LogP contribution in [0.25, 0.3) is 0 Å². The second-order valence-corrected chi connectivity index (χ2v) is 5.81. The molecule has 0 saturated carbocycles. The molecule has 1 heterocycles. The van der Waals surface area contributed by atoms with E-state index in [0.717, 1.165) is 17.4 Å². The van der Waals surface area contributed by atoms with E-state index in [-0.39, 0.29) is 5.91 Å². The number of carbonyl (C=O) groups excluding carboxylic acids is 1. The molecule has 0 fully saturated rings. The van der Waals surface area contributed by atoms with Gasteiger partial charge < -0.3 is 5.32 Å². The van der Waals surface area contributed by atoms with Crippen molar-refractivity contribution >= 4 is 22.4 Å². The molecule has 0 spiro atoms. The average Bonchev–Trinajstić information content (AvgIpc) is 2.88. The quantitative estimate of drug-likeness (QED) is 0.892. The highest BCUT2D eigenvalue weighted by atomic mass is 32.1. The lowest BCUT2D eigenvalue weighted by molar-refractivity contribution is -0.116. The van der Waals surface area contributed by atoms with Crippen LogP contribution in [0.4, 0.5) is 5.13 Å². The zero-order chi connectivity index (χ0) is 15.2. The Hall–Kier alpha value is -1.72. The second kappa shape index (κ2) is 7.33. The van der Waals surface area contributed by atoms with Crippen molar-refractivity contribution in [2.24, 2.45) is 0 Å². The molecule has 2 aromatic rings. The maximum absolute atomic E-state index is 11.5. The Balaban J connectivity index is 1.89. The predicted octanol–water partition coefficient (Wildman–Crippen LogP) is 3.11. The van der Waals surface area contributed by atoms with Crippen LogP contribution in [0.3, 0.4) is 0 Å².